The molecule has 0 saturated heterocycles. The lowest BCUT2D eigenvalue weighted by Gasteiger charge is -2.23. The van der Waals surface area contributed by atoms with Crippen molar-refractivity contribution < 1.29 is 4.74 Å². The van der Waals surface area contributed by atoms with E-state index in [2.05, 4.69) is 89.9 Å². The minimum Gasteiger partial charge on any atom is -0.456 e. The smallest absolute Gasteiger partial charge is 0.136 e. The molecule has 1 aromatic heterocycles. The van der Waals surface area contributed by atoms with Gasteiger partial charge in [0.05, 0.1) is 17.3 Å². The van der Waals surface area contributed by atoms with Crippen LogP contribution in [0, 0.1) is 11.3 Å². The molecule has 0 unspecified atom stereocenters. The zero-order valence-electron chi connectivity index (χ0n) is 21.8. The molecule has 7 aromatic carbocycles. The molecule has 0 aliphatic carbocycles. The average molecular weight is 521 g/mol. The highest BCUT2D eigenvalue weighted by molar-refractivity contribution is 6.28. The predicted molar refractivity (Wildman–Crippen MR) is 167 cm³/mol. The predicted octanol–water partition coefficient (Wildman–Crippen LogP) is 10.1. The van der Waals surface area contributed by atoms with Gasteiger partial charge in [0.25, 0.3) is 0 Å². The number of nitriles is 1. The summed E-state index contributed by atoms with van der Waals surface area (Å²) in [5.74, 6) is 1.54. The number of nitrogens with zero attached hydrogens (tertiary/aromatic N) is 2. The normalized spacial score (nSPS) is 12.1. The van der Waals surface area contributed by atoms with Crippen molar-refractivity contribution in [3.05, 3.63) is 127 Å². The average Bonchev–Trinajstić information content (AvgIpc) is 3.04. The van der Waals surface area contributed by atoms with Gasteiger partial charge in [-0.2, -0.15) is 5.26 Å². The van der Waals surface area contributed by atoms with Crippen molar-refractivity contribution in [2.45, 2.75) is 0 Å². The van der Waals surface area contributed by atoms with E-state index in [4.69, 9.17) is 4.74 Å². The van der Waals surface area contributed by atoms with Gasteiger partial charge < -0.3 is 4.74 Å². The van der Waals surface area contributed by atoms with Crippen LogP contribution in [-0.2, 0) is 0 Å². The Hall–Kier alpha value is -5.72. The number of pyridine rings is 1. The summed E-state index contributed by atoms with van der Waals surface area (Å²) in [6.07, 6.45) is 1.86. The second-order valence-corrected chi connectivity index (χ2v) is 10.6. The van der Waals surface area contributed by atoms with Gasteiger partial charge in [-0.25, -0.2) is 0 Å². The Balaban J connectivity index is 1.33. The lowest BCUT2D eigenvalue weighted by Crippen LogP contribution is -1.98. The fourth-order valence-electron chi connectivity index (χ4n) is 6.72. The first-order valence-corrected chi connectivity index (χ1v) is 13.7. The lowest BCUT2D eigenvalue weighted by molar-refractivity contribution is 0.487. The molecule has 0 fully saturated rings. The number of fused-ring (bicyclic) bond motifs is 2. The highest BCUT2D eigenvalue weighted by atomic mass is 16.5. The van der Waals surface area contributed by atoms with Crippen LogP contribution in [0.15, 0.2) is 121 Å². The molecule has 9 rings (SSSR count). The molecular weight excluding hydrogens is 500 g/mol. The van der Waals surface area contributed by atoms with Crippen LogP contribution in [0.5, 0.6) is 11.5 Å². The molecule has 188 valence electrons. The summed E-state index contributed by atoms with van der Waals surface area (Å²) in [6, 6.07) is 42.6. The molecule has 3 heteroatoms. The van der Waals surface area contributed by atoms with Crippen LogP contribution in [0.3, 0.4) is 0 Å². The highest BCUT2D eigenvalue weighted by Crippen LogP contribution is 2.50. The monoisotopic (exact) mass is 520 g/mol. The van der Waals surface area contributed by atoms with Crippen molar-refractivity contribution in [2.75, 3.05) is 0 Å². The standard InChI is InChI=1S/C38H20N2O/c39-21-22-7-12-28-32-18-17-26(29-4-3-6-34(38(29)32)41-35(28)20-22)25-13-8-23-11-16-31-27(33-5-1-2-19-40-33)14-9-24-10-15-30(25)36(23)37(24)31/h1-20H. The summed E-state index contributed by atoms with van der Waals surface area (Å²) in [7, 11) is 0. The molecule has 0 amide bonds. The van der Waals surface area contributed by atoms with Crippen LogP contribution in [0.2, 0.25) is 0 Å². The fourth-order valence-corrected chi connectivity index (χ4v) is 6.72. The maximum Gasteiger partial charge on any atom is 0.136 e. The van der Waals surface area contributed by atoms with Crippen molar-refractivity contribution in [3.8, 4) is 51.1 Å². The minimum atomic E-state index is 0.593. The quantitative estimate of drug-likeness (QED) is 0.213. The van der Waals surface area contributed by atoms with Crippen LogP contribution in [0.25, 0.3) is 76.6 Å². The van der Waals surface area contributed by atoms with Gasteiger partial charge in [0, 0.05) is 22.7 Å². The van der Waals surface area contributed by atoms with Gasteiger partial charge in [0.15, 0.2) is 0 Å². The van der Waals surface area contributed by atoms with Gasteiger partial charge in [-0.15, -0.1) is 0 Å². The van der Waals surface area contributed by atoms with E-state index in [0.29, 0.717) is 5.56 Å². The summed E-state index contributed by atoms with van der Waals surface area (Å²) >= 11 is 0. The number of aromatic nitrogens is 1. The van der Waals surface area contributed by atoms with Gasteiger partial charge in [-0.05, 0) is 90.8 Å². The Morgan fingerprint density at radius 2 is 1.17 bits per heavy atom. The van der Waals surface area contributed by atoms with Crippen molar-refractivity contribution >= 4 is 43.1 Å². The van der Waals surface area contributed by atoms with Gasteiger partial charge >= 0.3 is 0 Å². The van der Waals surface area contributed by atoms with Crippen LogP contribution in [-0.4, -0.2) is 4.98 Å². The third-order valence-corrected chi connectivity index (χ3v) is 8.52. The third-order valence-electron chi connectivity index (χ3n) is 8.52. The molecule has 1 aliphatic rings. The van der Waals surface area contributed by atoms with E-state index < -0.39 is 0 Å². The van der Waals surface area contributed by atoms with Crippen molar-refractivity contribution in [1.29, 1.82) is 5.26 Å². The summed E-state index contributed by atoms with van der Waals surface area (Å²) in [6.45, 7) is 0. The van der Waals surface area contributed by atoms with Crippen LogP contribution in [0.1, 0.15) is 5.56 Å². The number of hydrogen-bond acceptors (Lipinski definition) is 3. The molecule has 0 atom stereocenters. The molecule has 2 heterocycles. The van der Waals surface area contributed by atoms with Crippen LogP contribution >= 0.6 is 0 Å². The maximum absolute atomic E-state index is 9.40. The highest BCUT2D eigenvalue weighted by Gasteiger charge is 2.23. The molecule has 0 N–H and O–H groups in total. The Bertz CT molecular complexity index is 2400. The second-order valence-electron chi connectivity index (χ2n) is 10.6. The fraction of sp³-hybridized carbons (Fsp3) is 0. The summed E-state index contributed by atoms with van der Waals surface area (Å²) in [4.78, 5) is 4.66. The third kappa shape index (κ3) is 3.05. The van der Waals surface area contributed by atoms with Crippen LogP contribution in [0.4, 0.5) is 0 Å². The van der Waals surface area contributed by atoms with Crippen molar-refractivity contribution in [3.63, 3.8) is 0 Å². The zero-order valence-corrected chi connectivity index (χ0v) is 21.8. The van der Waals surface area contributed by atoms with E-state index in [0.717, 1.165) is 44.7 Å². The van der Waals surface area contributed by atoms with Gasteiger partial charge in [-0.3, -0.25) is 4.98 Å². The summed E-state index contributed by atoms with van der Waals surface area (Å²) in [5, 5.41) is 19.1. The van der Waals surface area contributed by atoms with Crippen molar-refractivity contribution in [2.24, 2.45) is 0 Å². The van der Waals surface area contributed by atoms with E-state index in [1.54, 1.807) is 0 Å². The first kappa shape index (κ1) is 22.1. The molecule has 1 aliphatic heterocycles. The Kier molecular flexibility index (Phi) is 4.40. The molecule has 0 spiro atoms. The Morgan fingerprint density at radius 3 is 1.93 bits per heavy atom. The summed E-state index contributed by atoms with van der Waals surface area (Å²) in [5.41, 5.74) is 7.24. The first-order valence-electron chi connectivity index (χ1n) is 13.7. The van der Waals surface area contributed by atoms with E-state index in [1.165, 1.54) is 43.4 Å². The van der Waals surface area contributed by atoms with Gasteiger partial charge in [0.1, 0.15) is 11.5 Å². The molecule has 8 aromatic rings. The zero-order chi connectivity index (χ0) is 27.1. The number of hydrogen-bond donors (Lipinski definition) is 0. The van der Waals surface area contributed by atoms with Gasteiger partial charge in [0.2, 0.25) is 0 Å². The second kappa shape index (κ2) is 8.14. The Morgan fingerprint density at radius 1 is 0.512 bits per heavy atom. The largest absolute Gasteiger partial charge is 0.456 e. The number of benzene rings is 7. The SMILES string of the molecule is N#Cc1ccc2c(c1)Oc1cccc3c(-c4ccc5ccc6c(-c7ccccn7)ccc7ccc4c5c76)ccc-2c13. The van der Waals surface area contributed by atoms with Gasteiger partial charge in [-0.1, -0.05) is 78.9 Å². The van der Waals surface area contributed by atoms with Crippen LogP contribution < -0.4 is 4.74 Å². The van der Waals surface area contributed by atoms with E-state index >= 15 is 0 Å². The molecule has 0 radical (unpaired) electrons. The van der Waals surface area contributed by atoms with E-state index in [1.807, 2.05) is 42.6 Å². The minimum absolute atomic E-state index is 0.593. The topological polar surface area (TPSA) is 45.9 Å². The maximum atomic E-state index is 9.40. The molecule has 3 nitrogen and oxygen atoms in total. The molecule has 0 bridgehead atoms. The number of ether oxygens (including phenoxy) is 1. The molecule has 41 heavy (non-hydrogen) atoms. The van der Waals surface area contributed by atoms with E-state index in [9.17, 15) is 5.26 Å². The van der Waals surface area contributed by atoms with Crippen molar-refractivity contribution in [1.82, 2.24) is 4.98 Å². The van der Waals surface area contributed by atoms with E-state index in [-0.39, 0.29) is 0 Å². The lowest BCUT2D eigenvalue weighted by atomic mass is 9.85. The number of rotatable bonds is 2. The summed E-state index contributed by atoms with van der Waals surface area (Å²) < 4.78 is 6.36. The molecule has 0 saturated carbocycles. The molecular formula is C38H20N2O. The first-order chi connectivity index (χ1) is 20.3. The Labute approximate surface area is 235 Å².